The van der Waals surface area contributed by atoms with Crippen LogP contribution in [0.3, 0.4) is 0 Å². The number of aromatic amines is 1. The Balaban J connectivity index is 1.21. The van der Waals surface area contributed by atoms with Gasteiger partial charge in [0.1, 0.15) is 22.7 Å². The first kappa shape index (κ1) is 29.1. The van der Waals surface area contributed by atoms with E-state index in [-0.39, 0.29) is 5.91 Å². The van der Waals surface area contributed by atoms with Gasteiger partial charge in [-0.3, -0.25) is 4.79 Å². The molecular formula is C35H31N3O2S3. The Morgan fingerprint density at radius 3 is 2.02 bits per heavy atom. The molecule has 0 bridgehead atoms. The fourth-order valence-electron chi connectivity index (χ4n) is 5.34. The summed E-state index contributed by atoms with van der Waals surface area (Å²) in [6, 6.07) is 43.1. The van der Waals surface area contributed by atoms with Gasteiger partial charge in [0.05, 0.1) is 17.3 Å². The van der Waals surface area contributed by atoms with Crippen molar-refractivity contribution < 1.29 is 9.35 Å². The number of anilines is 1. The predicted molar refractivity (Wildman–Crippen MR) is 181 cm³/mol. The van der Waals surface area contributed by atoms with Crippen molar-refractivity contribution in [2.45, 2.75) is 8.96 Å². The smallest absolute Gasteiger partial charge is 0.267 e. The molecule has 8 heteroatoms. The van der Waals surface area contributed by atoms with Crippen LogP contribution in [0.15, 0.2) is 137 Å². The molecule has 43 heavy (non-hydrogen) atoms. The van der Waals surface area contributed by atoms with E-state index in [1.165, 1.54) is 28.0 Å². The molecule has 4 aromatic carbocycles. The highest BCUT2D eigenvalue weighted by Gasteiger charge is 2.36. The molecule has 5 nitrogen and oxygen atoms in total. The topological polar surface area (TPSA) is 71.2 Å². The molecule has 6 rings (SSSR count). The first-order chi connectivity index (χ1) is 21.1. The quantitative estimate of drug-likeness (QED) is 0.0879. The molecule has 216 valence electrons. The average Bonchev–Trinajstić information content (AvgIpc) is 3.76. The van der Waals surface area contributed by atoms with Crippen molar-refractivity contribution >= 4 is 57.0 Å². The number of thiophene rings is 1. The molecule has 0 aliphatic rings. The highest BCUT2D eigenvalue weighted by Crippen LogP contribution is 2.48. The Kier molecular flexibility index (Phi) is 8.90. The van der Waals surface area contributed by atoms with E-state index >= 15 is 0 Å². The van der Waals surface area contributed by atoms with E-state index in [1.807, 2.05) is 71.7 Å². The van der Waals surface area contributed by atoms with Gasteiger partial charge >= 0.3 is 0 Å². The Morgan fingerprint density at radius 1 is 0.860 bits per heavy atom. The maximum Gasteiger partial charge on any atom is 0.267 e. The Labute approximate surface area is 263 Å². The zero-order chi connectivity index (χ0) is 29.6. The van der Waals surface area contributed by atoms with Crippen molar-refractivity contribution in [3.63, 3.8) is 0 Å². The number of amides is 1. The maximum atomic E-state index is 13.3. The van der Waals surface area contributed by atoms with Crippen LogP contribution in [0.5, 0.6) is 0 Å². The van der Waals surface area contributed by atoms with Gasteiger partial charge in [-0.2, -0.15) is 4.31 Å². The van der Waals surface area contributed by atoms with Gasteiger partial charge in [0, 0.05) is 23.8 Å². The van der Waals surface area contributed by atoms with Gasteiger partial charge < -0.3 is 14.9 Å². The zero-order valence-electron chi connectivity index (χ0n) is 23.6. The number of H-pyrrole nitrogens is 1. The number of thioether (sulfide) groups is 1. The normalized spacial score (nSPS) is 12.2. The van der Waals surface area contributed by atoms with E-state index in [2.05, 4.69) is 83.1 Å². The number of carbonyl (C=O) groups excluding carboxylic acids is 1. The summed E-state index contributed by atoms with van der Waals surface area (Å²) >= 11 is 1.93. The third-order valence-electron chi connectivity index (χ3n) is 7.38. The van der Waals surface area contributed by atoms with Crippen LogP contribution in [0.25, 0.3) is 10.9 Å². The molecule has 1 unspecified atom stereocenters. The number of nitrogens with zero attached hydrogens (tertiary/aromatic N) is 1. The number of aromatic nitrogens is 1. The van der Waals surface area contributed by atoms with Crippen LogP contribution < -0.4 is 9.62 Å². The van der Waals surface area contributed by atoms with E-state index < -0.39 is 16.1 Å². The molecule has 0 radical (unpaired) electrons. The van der Waals surface area contributed by atoms with Crippen LogP contribution in [0.1, 0.15) is 27.2 Å². The van der Waals surface area contributed by atoms with E-state index in [4.69, 9.17) is 0 Å². The Hall–Kier alpha value is -3.95. The third kappa shape index (κ3) is 5.96. The summed E-state index contributed by atoms with van der Waals surface area (Å²) in [5.41, 5.74) is 5.61. The van der Waals surface area contributed by atoms with E-state index in [9.17, 15) is 9.35 Å². The lowest BCUT2D eigenvalue weighted by atomic mass is 9.84. The zero-order valence-corrected chi connectivity index (χ0v) is 26.1. The molecule has 6 aromatic rings. The lowest BCUT2D eigenvalue weighted by molar-refractivity contribution is 0.0952. The minimum absolute atomic E-state index is 0.172. The number of para-hydroxylation sites is 1. The summed E-state index contributed by atoms with van der Waals surface area (Å²) in [5, 5.41) is 5.93. The average molecular weight is 622 g/mol. The van der Waals surface area contributed by atoms with E-state index in [0.29, 0.717) is 18.0 Å². The molecular weight excluding hydrogens is 591 g/mol. The number of fused-ring (bicyclic) bond motifs is 1. The Bertz CT molecular complexity index is 1680. The van der Waals surface area contributed by atoms with Crippen LogP contribution in [0.2, 0.25) is 0 Å². The fraction of sp³-hybridized carbons (Fsp3) is 0.114. The minimum atomic E-state index is -1.34. The molecule has 2 aromatic heterocycles. The van der Waals surface area contributed by atoms with Gasteiger partial charge in [-0.25, -0.2) is 0 Å². The van der Waals surface area contributed by atoms with Crippen molar-refractivity contribution in [3.05, 3.63) is 155 Å². The standard InChI is InChI=1S/C35H31N3O2S3/c1-38(43(40)32-21-12-23-41-32)31-20-11-13-26-25-30(37-33(26)31)34(39)36-22-24-42-35(27-14-5-2-6-15-27,28-16-7-3-8-17-28)29-18-9-4-10-19-29/h2-21,23,25,37H,22,24H2,1H3,(H,36,39). The highest BCUT2D eigenvalue weighted by molar-refractivity contribution is 8.00. The molecule has 0 spiro atoms. The van der Waals surface area contributed by atoms with Crippen LogP contribution in [-0.2, 0) is 16.1 Å². The number of benzene rings is 4. The summed E-state index contributed by atoms with van der Waals surface area (Å²) in [6.07, 6.45) is 0. The minimum Gasteiger partial charge on any atom is -0.587 e. The van der Waals surface area contributed by atoms with Crippen molar-refractivity contribution in [2.24, 2.45) is 0 Å². The maximum absolute atomic E-state index is 13.3. The number of carbonyl (C=O) groups is 1. The molecule has 0 saturated heterocycles. The number of nitrogens with one attached hydrogen (secondary N) is 2. The van der Waals surface area contributed by atoms with Crippen molar-refractivity contribution in [1.82, 2.24) is 10.3 Å². The Morgan fingerprint density at radius 2 is 1.47 bits per heavy atom. The summed E-state index contributed by atoms with van der Waals surface area (Å²) in [5.74, 6) is 0.521. The molecule has 1 atom stereocenters. The van der Waals surface area contributed by atoms with Gasteiger partial charge in [-0.15, -0.1) is 11.8 Å². The van der Waals surface area contributed by atoms with Crippen LogP contribution in [0.4, 0.5) is 5.69 Å². The number of rotatable bonds is 11. The first-order valence-corrected chi connectivity index (χ1v) is 16.9. The first-order valence-electron chi connectivity index (χ1n) is 14.0. The summed E-state index contributed by atoms with van der Waals surface area (Å²) in [4.78, 5) is 16.6. The van der Waals surface area contributed by atoms with E-state index in [1.54, 1.807) is 11.4 Å². The molecule has 2 heterocycles. The predicted octanol–water partition coefficient (Wildman–Crippen LogP) is 7.84. The second kappa shape index (κ2) is 13.1. The molecule has 0 fully saturated rings. The van der Waals surface area contributed by atoms with Crippen molar-refractivity contribution in [1.29, 1.82) is 0 Å². The summed E-state index contributed by atoms with van der Waals surface area (Å²) in [6.45, 7) is 0.488. The summed E-state index contributed by atoms with van der Waals surface area (Å²) < 4.78 is 15.2. The molecule has 0 aliphatic heterocycles. The molecule has 0 saturated carbocycles. The van der Waals surface area contributed by atoms with Gasteiger partial charge in [-0.05, 0) is 40.3 Å². The monoisotopic (exact) mass is 621 g/mol. The number of hydrogen-bond acceptors (Lipinski definition) is 5. The van der Waals surface area contributed by atoms with Gasteiger partial charge in [-0.1, -0.05) is 114 Å². The third-order valence-corrected chi connectivity index (χ3v) is 11.5. The molecule has 2 N–H and O–H groups in total. The largest absolute Gasteiger partial charge is 0.587 e. The molecule has 1 amide bonds. The van der Waals surface area contributed by atoms with Crippen molar-refractivity contribution in [3.8, 4) is 0 Å². The second-order valence-corrected chi connectivity index (χ2v) is 14.0. The van der Waals surface area contributed by atoms with Crippen LogP contribution >= 0.6 is 23.1 Å². The van der Waals surface area contributed by atoms with Gasteiger partial charge in [0.15, 0.2) is 0 Å². The lowest BCUT2D eigenvalue weighted by Gasteiger charge is -2.35. The number of hydrogen-bond donors (Lipinski definition) is 2. The van der Waals surface area contributed by atoms with E-state index in [0.717, 1.165) is 20.8 Å². The lowest BCUT2D eigenvalue weighted by Crippen LogP contribution is -2.30. The fourth-order valence-corrected chi connectivity index (χ4v) is 8.84. The van der Waals surface area contributed by atoms with Gasteiger partial charge in [0.25, 0.3) is 5.91 Å². The van der Waals surface area contributed by atoms with Crippen molar-refractivity contribution in [2.75, 3.05) is 23.7 Å². The second-order valence-electron chi connectivity index (χ2n) is 9.99. The van der Waals surface area contributed by atoms with Gasteiger partial charge in [0.2, 0.25) is 4.21 Å². The SMILES string of the molecule is CN(c1cccc2cc(C(=O)NCCSC(c3ccccc3)(c3ccccc3)c3ccccc3)[nH]c12)[S+]([O-])c1cccs1. The highest BCUT2D eigenvalue weighted by atomic mass is 32.2. The van der Waals surface area contributed by atoms with Crippen LogP contribution in [0, 0.1) is 0 Å². The summed E-state index contributed by atoms with van der Waals surface area (Å²) in [7, 11) is 1.81. The van der Waals surface area contributed by atoms with Crippen LogP contribution in [-0.4, -0.2) is 34.8 Å². The molecule has 0 aliphatic carbocycles.